The molecule has 1 aromatic carbocycles. The zero-order valence-electron chi connectivity index (χ0n) is 12.0. The van der Waals surface area contributed by atoms with Crippen molar-refractivity contribution in [2.24, 2.45) is 5.92 Å². The molecule has 0 amide bonds. The fourth-order valence-electron chi connectivity index (χ4n) is 3.03. The minimum Gasteiger partial charge on any atom is -0.496 e. The number of hydrogen-bond acceptors (Lipinski definition) is 2. The third kappa shape index (κ3) is 2.63. The Morgan fingerprint density at radius 1 is 1.17 bits per heavy atom. The van der Waals surface area contributed by atoms with Gasteiger partial charge in [0.2, 0.25) is 0 Å². The van der Waals surface area contributed by atoms with Crippen molar-refractivity contribution in [1.29, 1.82) is 0 Å². The second kappa shape index (κ2) is 5.64. The summed E-state index contributed by atoms with van der Waals surface area (Å²) in [6.07, 6.45) is 5.37. The molecule has 100 valence electrons. The van der Waals surface area contributed by atoms with Crippen LogP contribution in [0.1, 0.15) is 43.7 Å². The quantitative estimate of drug-likeness (QED) is 0.859. The minimum absolute atomic E-state index is 0.616. The highest BCUT2D eigenvalue weighted by Gasteiger charge is 2.22. The van der Waals surface area contributed by atoms with Crippen LogP contribution in [-0.4, -0.2) is 13.2 Å². The van der Waals surface area contributed by atoms with Crippen molar-refractivity contribution in [2.45, 2.75) is 52.5 Å². The van der Waals surface area contributed by atoms with Crippen molar-refractivity contribution in [3.05, 3.63) is 23.3 Å². The lowest BCUT2D eigenvalue weighted by Gasteiger charge is -2.31. The first-order valence-electron chi connectivity index (χ1n) is 7.04. The average Bonchev–Trinajstić information content (AvgIpc) is 2.36. The van der Waals surface area contributed by atoms with Crippen molar-refractivity contribution in [2.75, 3.05) is 12.4 Å². The van der Waals surface area contributed by atoms with Gasteiger partial charge in [0.15, 0.2) is 0 Å². The minimum atomic E-state index is 0.616. The topological polar surface area (TPSA) is 21.3 Å². The molecule has 2 unspecified atom stereocenters. The molecule has 0 spiro atoms. The second-order valence-electron chi connectivity index (χ2n) is 5.60. The summed E-state index contributed by atoms with van der Waals surface area (Å²) in [6.45, 7) is 6.60. The van der Waals surface area contributed by atoms with Crippen LogP contribution in [0.3, 0.4) is 0 Å². The van der Waals surface area contributed by atoms with Gasteiger partial charge in [-0.05, 0) is 44.2 Å². The Hall–Kier alpha value is -1.18. The Morgan fingerprint density at radius 2 is 1.89 bits per heavy atom. The SMILES string of the molecule is COc1c(C)ccc(NC2CCCCC2C)c1C. The van der Waals surface area contributed by atoms with E-state index >= 15 is 0 Å². The molecule has 1 fully saturated rings. The lowest BCUT2D eigenvalue weighted by atomic mass is 9.85. The van der Waals surface area contributed by atoms with Gasteiger partial charge in [-0.25, -0.2) is 0 Å². The number of benzene rings is 1. The largest absolute Gasteiger partial charge is 0.496 e. The van der Waals surface area contributed by atoms with Gasteiger partial charge in [0.05, 0.1) is 7.11 Å². The normalized spacial score (nSPS) is 23.8. The summed E-state index contributed by atoms with van der Waals surface area (Å²) in [6, 6.07) is 4.95. The fraction of sp³-hybridized carbons (Fsp3) is 0.625. The molecular formula is C16H25NO. The predicted molar refractivity (Wildman–Crippen MR) is 77.5 cm³/mol. The van der Waals surface area contributed by atoms with Gasteiger partial charge < -0.3 is 10.1 Å². The van der Waals surface area contributed by atoms with Crippen LogP contribution >= 0.6 is 0 Å². The highest BCUT2D eigenvalue weighted by molar-refractivity contribution is 5.60. The molecule has 0 radical (unpaired) electrons. The Labute approximate surface area is 111 Å². The highest BCUT2D eigenvalue weighted by atomic mass is 16.5. The summed E-state index contributed by atoms with van der Waals surface area (Å²) >= 11 is 0. The van der Waals surface area contributed by atoms with Crippen molar-refractivity contribution in [3.8, 4) is 5.75 Å². The lowest BCUT2D eigenvalue weighted by Crippen LogP contribution is -2.30. The van der Waals surface area contributed by atoms with Crippen LogP contribution < -0.4 is 10.1 Å². The molecular weight excluding hydrogens is 222 g/mol. The Bertz CT molecular complexity index is 414. The maximum absolute atomic E-state index is 5.49. The lowest BCUT2D eigenvalue weighted by molar-refractivity contribution is 0.349. The summed E-state index contributed by atoms with van der Waals surface area (Å²) in [4.78, 5) is 0. The van der Waals surface area contributed by atoms with Gasteiger partial charge in [-0.1, -0.05) is 25.8 Å². The summed E-state index contributed by atoms with van der Waals surface area (Å²) < 4.78 is 5.49. The summed E-state index contributed by atoms with van der Waals surface area (Å²) in [5.41, 5.74) is 3.67. The molecule has 18 heavy (non-hydrogen) atoms. The van der Waals surface area contributed by atoms with E-state index in [1.165, 1.54) is 42.5 Å². The van der Waals surface area contributed by atoms with E-state index in [4.69, 9.17) is 4.74 Å². The zero-order chi connectivity index (χ0) is 13.1. The van der Waals surface area contributed by atoms with Crippen LogP contribution in [0.5, 0.6) is 5.75 Å². The van der Waals surface area contributed by atoms with E-state index < -0.39 is 0 Å². The number of hydrogen-bond donors (Lipinski definition) is 1. The molecule has 2 atom stereocenters. The van der Waals surface area contributed by atoms with Crippen LogP contribution in [0.15, 0.2) is 12.1 Å². The van der Waals surface area contributed by atoms with Crippen molar-refractivity contribution in [3.63, 3.8) is 0 Å². The molecule has 1 saturated carbocycles. The third-order valence-electron chi connectivity index (χ3n) is 4.26. The summed E-state index contributed by atoms with van der Waals surface area (Å²) in [7, 11) is 1.75. The fourth-order valence-corrected chi connectivity index (χ4v) is 3.03. The van der Waals surface area contributed by atoms with Crippen molar-refractivity contribution < 1.29 is 4.74 Å². The first kappa shape index (κ1) is 13.3. The van der Waals surface area contributed by atoms with Gasteiger partial charge in [-0.3, -0.25) is 0 Å². The van der Waals surface area contributed by atoms with Gasteiger partial charge in [-0.15, -0.1) is 0 Å². The van der Waals surface area contributed by atoms with Gasteiger partial charge >= 0.3 is 0 Å². The number of aryl methyl sites for hydroxylation is 1. The van der Waals surface area contributed by atoms with E-state index in [-0.39, 0.29) is 0 Å². The Balaban J connectivity index is 2.18. The van der Waals surface area contributed by atoms with Crippen LogP contribution in [-0.2, 0) is 0 Å². The predicted octanol–water partition coefficient (Wildman–Crippen LogP) is 4.30. The maximum atomic E-state index is 5.49. The van der Waals surface area contributed by atoms with Crippen LogP contribution in [0.25, 0.3) is 0 Å². The molecule has 1 aromatic rings. The first-order chi connectivity index (χ1) is 8.63. The van der Waals surface area contributed by atoms with Crippen molar-refractivity contribution in [1.82, 2.24) is 0 Å². The zero-order valence-corrected chi connectivity index (χ0v) is 12.0. The smallest absolute Gasteiger partial charge is 0.126 e. The summed E-state index contributed by atoms with van der Waals surface area (Å²) in [5.74, 6) is 1.79. The molecule has 2 nitrogen and oxygen atoms in total. The number of nitrogens with one attached hydrogen (secondary N) is 1. The van der Waals surface area contributed by atoms with E-state index in [1.807, 2.05) is 0 Å². The van der Waals surface area contributed by atoms with Crippen LogP contribution in [0.4, 0.5) is 5.69 Å². The molecule has 0 aliphatic heterocycles. The maximum Gasteiger partial charge on any atom is 0.126 e. The van der Waals surface area contributed by atoms with E-state index in [2.05, 4.69) is 38.2 Å². The van der Waals surface area contributed by atoms with Gasteiger partial charge in [-0.2, -0.15) is 0 Å². The van der Waals surface area contributed by atoms with E-state index in [1.54, 1.807) is 7.11 Å². The standard InChI is InChI=1S/C16H25NO/c1-11-7-5-6-8-14(11)17-15-10-9-12(2)16(18-4)13(15)3/h9-11,14,17H,5-8H2,1-4H3. The molecule has 0 bridgehead atoms. The van der Waals surface area contributed by atoms with E-state index in [0.717, 1.165) is 11.7 Å². The third-order valence-corrected chi connectivity index (χ3v) is 4.26. The Morgan fingerprint density at radius 3 is 2.56 bits per heavy atom. The number of rotatable bonds is 3. The van der Waals surface area contributed by atoms with Gasteiger partial charge in [0.25, 0.3) is 0 Å². The molecule has 2 rings (SSSR count). The number of ether oxygens (including phenoxy) is 1. The van der Waals surface area contributed by atoms with Gasteiger partial charge in [0.1, 0.15) is 5.75 Å². The summed E-state index contributed by atoms with van der Waals surface area (Å²) in [5, 5.41) is 3.72. The molecule has 0 aromatic heterocycles. The van der Waals surface area contributed by atoms with E-state index in [0.29, 0.717) is 6.04 Å². The average molecular weight is 247 g/mol. The van der Waals surface area contributed by atoms with E-state index in [9.17, 15) is 0 Å². The van der Waals surface area contributed by atoms with Crippen LogP contribution in [0, 0.1) is 19.8 Å². The van der Waals surface area contributed by atoms with Crippen molar-refractivity contribution >= 4 is 5.69 Å². The molecule has 0 heterocycles. The number of anilines is 1. The molecule has 1 aliphatic rings. The molecule has 0 saturated heterocycles. The molecule has 1 aliphatic carbocycles. The first-order valence-corrected chi connectivity index (χ1v) is 7.04. The monoisotopic (exact) mass is 247 g/mol. The molecule has 2 heteroatoms. The number of methoxy groups -OCH3 is 1. The van der Waals surface area contributed by atoms with Gasteiger partial charge in [0, 0.05) is 17.3 Å². The highest BCUT2D eigenvalue weighted by Crippen LogP contribution is 2.32. The second-order valence-corrected chi connectivity index (χ2v) is 5.60. The Kier molecular flexibility index (Phi) is 4.15. The van der Waals surface area contributed by atoms with Crippen LogP contribution in [0.2, 0.25) is 0 Å². The molecule has 1 N–H and O–H groups in total.